The summed E-state index contributed by atoms with van der Waals surface area (Å²) in [4.78, 5) is 17.1. The Balaban J connectivity index is 2.36. The first-order chi connectivity index (χ1) is 7.63. The lowest BCUT2D eigenvalue weighted by Gasteiger charge is -2.18. The van der Waals surface area contributed by atoms with Crippen molar-refractivity contribution in [2.24, 2.45) is 5.92 Å². The van der Waals surface area contributed by atoms with Crippen LogP contribution in [0.2, 0.25) is 5.15 Å². The van der Waals surface area contributed by atoms with Crippen LogP contribution in [0.5, 0.6) is 0 Å². The minimum absolute atomic E-state index is 0.0306. The number of hydrogen-bond acceptors (Lipinski definition) is 3. The Labute approximate surface area is 98.4 Å². The van der Waals surface area contributed by atoms with Gasteiger partial charge in [-0.3, -0.25) is 4.79 Å². The summed E-state index contributed by atoms with van der Waals surface area (Å²) in [6.45, 7) is 0.486. The zero-order chi connectivity index (χ0) is 11.7. The van der Waals surface area contributed by atoms with Crippen LogP contribution in [0, 0.1) is 18.3 Å². The van der Waals surface area contributed by atoms with E-state index in [4.69, 9.17) is 23.8 Å². The molecule has 1 aromatic heterocycles. The second kappa shape index (κ2) is 4.03. The Morgan fingerprint density at radius 3 is 3.06 bits per heavy atom. The van der Waals surface area contributed by atoms with Crippen molar-refractivity contribution in [2.75, 3.05) is 17.2 Å². The van der Waals surface area contributed by atoms with E-state index in [1.807, 2.05) is 0 Å². The van der Waals surface area contributed by atoms with Gasteiger partial charge in [0.15, 0.2) is 5.15 Å². The van der Waals surface area contributed by atoms with Crippen molar-refractivity contribution in [3.63, 3.8) is 0 Å². The van der Waals surface area contributed by atoms with Crippen molar-refractivity contribution in [3.8, 4) is 12.3 Å². The summed E-state index contributed by atoms with van der Waals surface area (Å²) in [6, 6.07) is 1.66. The maximum Gasteiger partial charge on any atom is 0.228 e. The van der Waals surface area contributed by atoms with Crippen LogP contribution in [-0.2, 0) is 4.79 Å². The number of pyridine rings is 1. The number of amides is 1. The van der Waals surface area contributed by atoms with Gasteiger partial charge < -0.3 is 10.6 Å². The highest BCUT2D eigenvalue weighted by Gasteiger charge is 2.30. The number of carbonyl (C=O) groups is 1. The monoisotopic (exact) mass is 235 g/mol. The third-order valence-electron chi connectivity index (χ3n) is 2.57. The lowest BCUT2D eigenvalue weighted by atomic mass is 10.1. The number of carbonyl (C=O) groups excluding carboxylic acids is 1. The Morgan fingerprint density at radius 1 is 1.69 bits per heavy atom. The first kappa shape index (κ1) is 10.8. The predicted molar refractivity (Wildman–Crippen MR) is 63.0 cm³/mol. The molecule has 2 heterocycles. The molecule has 4 nitrogen and oxygen atoms in total. The van der Waals surface area contributed by atoms with Crippen LogP contribution in [0.3, 0.4) is 0 Å². The third-order valence-corrected chi connectivity index (χ3v) is 2.87. The number of nitrogens with two attached hydrogens (primary N) is 1. The van der Waals surface area contributed by atoms with E-state index < -0.39 is 0 Å². The summed E-state index contributed by atoms with van der Waals surface area (Å²) < 4.78 is 0. The van der Waals surface area contributed by atoms with Crippen LogP contribution in [0.1, 0.15) is 6.42 Å². The molecule has 1 fully saturated rings. The molecule has 0 aromatic carbocycles. The summed E-state index contributed by atoms with van der Waals surface area (Å²) in [5, 5.41) is 0.203. The van der Waals surface area contributed by atoms with Gasteiger partial charge in [0.05, 0.1) is 11.4 Å². The lowest BCUT2D eigenvalue weighted by Crippen LogP contribution is -2.25. The highest BCUT2D eigenvalue weighted by molar-refractivity contribution is 6.32. The van der Waals surface area contributed by atoms with Crippen LogP contribution >= 0.6 is 11.6 Å². The van der Waals surface area contributed by atoms with Crippen molar-refractivity contribution in [1.82, 2.24) is 4.98 Å². The predicted octanol–water partition coefficient (Wildman–Crippen LogP) is 1.30. The Hall–Kier alpha value is -1.73. The fourth-order valence-electron chi connectivity index (χ4n) is 1.73. The summed E-state index contributed by atoms with van der Waals surface area (Å²) in [5.41, 5.74) is 6.67. The van der Waals surface area contributed by atoms with E-state index in [0.29, 0.717) is 24.3 Å². The number of nitrogen functional groups attached to an aromatic ring is 1. The first-order valence-corrected chi connectivity index (χ1v) is 5.17. The van der Waals surface area contributed by atoms with E-state index in [0.717, 1.165) is 0 Å². The van der Waals surface area contributed by atoms with Crippen molar-refractivity contribution >= 4 is 28.9 Å². The fourth-order valence-corrected chi connectivity index (χ4v) is 1.88. The molecule has 1 saturated heterocycles. The number of nitrogens with zero attached hydrogens (tertiary/aromatic N) is 2. The van der Waals surface area contributed by atoms with Gasteiger partial charge in [0, 0.05) is 25.1 Å². The lowest BCUT2D eigenvalue weighted by molar-refractivity contribution is -0.117. The summed E-state index contributed by atoms with van der Waals surface area (Å²) >= 11 is 5.80. The van der Waals surface area contributed by atoms with Crippen molar-refractivity contribution in [1.29, 1.82) is 0 Å². The second-order valence-corrected chi connectivity index (χ2v) is 3.96. The number of terminal acetylenes is 1. The SMILES string of the molecule is C#CC1CC(=O)N(c2ccnc(Cl)c2N)C1. The maximum absolute atomic E-state index is 11.7. The molecule has 2 N–H and O–H groups in total. The van der Waals surface area contributed by atoms with Gasteiger partial charge in [-0.05, 0) is 6.07 Å². The highest BCUT2D eigenvalue weighted by atomic mass is 35.5. The van der Waals surface area contributed by atoms with Crippen LogP contribution in [-0.4, -0.2) is 17.4 Å². The minimum Gasteiger partial charge on any atom is -0.395 e. The largest absolute Gasteiger partial charge is 0.395 e. The molecule has 1 atom stereocenters. The molecule has 16 heavy (non-hydrogen) atoms. The van der Waals surface area contributed by atoms with Crippen LogP contribution in [0.25, 0.3) is 0 Å². The number of halogens is 1. The van der Waals surface area contributed by atoms with Crippen LogP contribution < -0.4 is 10.6 Å². The summed E-state index contributed by atoms with van der Waals surface area (Å²) in [7, 11) is 0. The van der Waals surface area contributed by atoms with Gasteiger partial charge in [-0.2, -0.15) is 0 Å². The van der Waals surface area contributed by atoms with E-state index in [9.17, 15) is 4.79 Å². The summed E-state index contributed by atoms with van der Waals surface area (Å²) in [6.07, 6.45) is 7.18. The molecule has 1 aliphatic rings. The molecule has 1 aliphatic heterocycles. The fraction of sp³-hybridized carbons (Fsp3) is 0.273. The molecule has 5 heteroatoms. The molecular formula is C11H10ClN3O. The van der Waals surface area contributed by atoms with Gasteiger partial charge in [-0.25, -0.2) is 4.98 Å². The van der Waals surface area contributed by atoms with Gasteiger partial charge in [-0.1, -0.05) is 11.6 Å². The van der Waals surface area contributed by atoms with E-state index in [2.05, 4.69) is 10.9 Å². The van der Waals surface area contributed by atoms with Crippen molar-refractivity contribution in [2.45, 2.75) is 6.42 Å². The molecule has 1 amide bonds. The minimum atomic E-state index is -0.0566. The Morgan fingerprint density at radius 2 is 2.44 bits per heavy atom. The average molecular weight is 236 g/mol. The van der Waals surface area contributed by atoms with Gasteiger partial charge in [0.25, 0.3) is 0 Å². The standard InChI is InChI=1S/C11H10ClN3O/c1-2-7-5-9(16)15(6-7)8-3-4-14-11(12)10(8)13/h1,3-4,7H,5-6,13H2. The molecule has 1 unspecified atom stereocenters. The van der Waals surface area contributed by atoms with Gasteiger partial charge in [-0.15, -0.1) is 12.3 Å². The number of rotatable bonds is 1. The number of anilines is 2. The third kappa shape index (κ3) is 1.70. The summed E-state index contributed by atoms with van der Waals surface area (Å²) in [5.74, 6) is 2.49. The molecule has 0 spiro atoms. The van der Waals surface area contributed by atoms with E-state index in [-0.39, 0.29) is 17.0 Å². The highest BCUT2D eigenvalue weighted by Crippen LogP contribution is 2.32. The maximum atomic E-state index is 11.7. The van der Waals surface area contributed by atoms with Crippen molar-refractivity contribution < 1.29 is 4.79 Å². The molecular weight excluding hydrogens is 226 g/mol. The average Bonchev–Trinajstić information content (AvgIpc) is 2.64. The topological polar surface area (TPSA) is 59.2 Å². The molecule has 2 rings (SSSR count). The van der Waals surface area contributed by atoms with E-state index in [1.54, 1.807) is 11.0 Å². The Kier molecular flexibility index (Phi) is 2.71. The van der Waals surface area contributed by atoms with E-state index >= 15 is 0 Å². The van der Waals surface area contributed by atoms with Crippen LogP contribution in [0.4, 0.5) is 11.4 Å². The first-order valence-electron chi connectivity index (χ1n) is 4.80. The van der Waals surface area contributed by atoms with Crippen LogP contribution in [0.15, 0.2) is 12.3 Å². The molecule has 82 valence electrons. The normalized spacial score (nSPS) is 19.9. The molecule has 0 saturated carbocycles. The molecule has 0 radical (unpaired) electrons. The zero-order valence-corrected chi connectivity index (χ0v) is 9.24. The quantitative estimate of drug-likeness (QED) is 0.590. The van der Waals surface area contributed by atoms with Gasteiger partial charge in [0.2, 0.25) is 5.91 Å². The number of hydrogen-bond donors (Lipinski definition) is 1. The zero-order valence-electron chi connectivity index (χ0n) is 8.48. The van der Waals surface area contributed by atoms with Gasteiger partial charge in [0.1, 0.15) is 0 Å². The second-order valence-electron chi connectivity index (χ2n) is 3.61. The molecule has 0 bridgehead atoms. The molecule has 1 aromatic rings. The number of aromatic nitrogens is 1. The van der Waals surface area contributed by atoms with Gasteiger partial charge >= 0.3 is 0 Å². The Bertz CT molecular complexity index is 481. The smallest absolute Gasteiger partial charge is 0.228 e. The van der Waals surface area contributed by atoms with E-state index in [1.165, 1.54) is 6.20 Å². The van der Waals surface area contributed by atoms with Crippen molar-refractivity contribution in [3.05, 3.63) is 17.4 Å². The molecule has 0 aliphatic carbocycles.